The first-order valence-corrected chi connectivity index (χ1v) is 7.64. The monoisotopic (exact) mass is 340 g/mol. The van der Waals surface area contributed by atoms with Crippen molar-refractivity contribution in [3.05, 3.63) is 23.5 Å². The van der Waals surface area contributed by atoms with E-state index < -0.39 is 11.8 Å². The van der Waals surface area contributed by atoms with Gasteiger partial charge in [-0.1, -0.05) is 19.3 Å². The predicted octanol–water partition coefficient (Wildman–Crippen LogP) is 0.844. The van der Waals surface area contributed by atoms with Gasteiger partial charge in [0.25, 0.3) is 12.9 Å². The van der Waals surface area contributed by atoms with Crippen LogP contribution in [-0.4, -0.2) is 31.4 Å². The van der Waals surface area contributed by atoms with E-state index in [1.807, 2.05) is 0 Å². The van der Waals surface area contributed by atoms with E-state index in [4.69, 9.17) is 11.5 Å². The molecule has 0 spiro atoms. The van der Waals surface area contributed by atoms with E-state index in [0.29, 0.717) is 24.9 Å². The van der Waals surface area contributed by atoms with Crippen LogP contribution in [0, 0.1) is 0 Å². The van der Waals surface area contributed by atoms with Gasteiger partial charge in [-0.05, 0) is 24.8 Å². The Morgan fingerprint density at radius 1 is 0.792 bits per heavy atom. The van der Waals surface area contributed by atoms with Gasteiger partial charge in [0.05, 0.1) is 0 Å². The molecule has 0 aliphatic heterocycles. The second-order valence-corrected chi connectivity index (χ2v) is 5.11. The second-order valence-electron chi connectivity index (χ2n) is 5.11. The Labute approximate surface area is 140 Å². The summed E-state index contributed by atoms with van der Waals surface area (Å²) in [6, 6.07) is 0. The van der Waals surface area contributed by atoms with E-state index in [2.05, 4.69) is 9.47 Å². The van der Waals surface area contributed by atoms with Crippen molar-refractivity contribution in [2.24, 2.45) is 11.5 Å². The summed E-state index contributed by atoms with van der Waals surface area (Å²) in [6.07, 6.45) is 7.78. The molecule has 0 aromatic rings. The zero-order chi connectivity index (χ0) is 18.2. The van der Waals surface area contributed by atoms with Crippen LogP contribution in [-0.2, 0) is 28.7 Å². The van der Waals surface area contributed by atoms with Gasteiger partial charge in [0.2, 0.25) is 11.8 Å². The van der Waals surface area contributed by atoms with Crippen LogP contribution in [0.3, 0.4) is 0 Å². The Kier molecular flexibility index (Phi) is 12.4. The summed E-state index contributed by atoms with van der Waals surface area (Å²) in [5.41, 5.74) is 10.8. The van der Waals surface area contributed by atoms with Crippen LogP contribution in [0.15, 0.2) is 23.5 Å². The van der Waals surface area contributed by atoms with Crippen LogP contribution >= 0.6 is 0 Å². The number of ether oxygens (including phenoxy) is 2. The lowest BCUT2D eigenvalue weighted by Gasteiger charge is -2.06. The molecule has 134 valence electrons. The number of amides is 2. The summed E-state index contributed by atoms with van der Waals surface area (Å²) in [6.45, 7) is 0.660. The minimum Gasteiger partial charge on any atom is -0.463 e. The quantitative estimate of drug-likeness (QED) is 0.196. The van der Waals surface area contributed by atoms with Gasteiger partial charge in [-0.3, -0.25) is 19.2 Å². The minimum atomic E-state index is -0.654. The van der Waals surface area contributed by atoms with Gasteiger partial charge < -0.3 is 20.9 Å². The van der Waals surface area contributed by atoms with Gasteiger partial charge in [0, 0.05) is 18.6 Å². The molecule has 0 unspecified atom stereocenters. The van der Waals surface area contributed by atoms with E-state index in [1.165, 1.54) is 6.08 Å². The second kappa shape index (κ2) is 14.0. The highest BCUT2D eigenvalue weighted by atomic mass is 16.5. The number of hydrogen-bond acceptors (Lipinski definition) is 6. The summed E-state index contributed by atoms with van der Waals surface area (Å²) < 4.78 is 9.30. The number of carbonyl (C=O) groups excluding carboxylic acids is 4. The summed E-state index contributed by atoms with van der Waals surface area (Å²) in [5, 5.41) is 0. The molecule has 0 aromatic heterocycles. The number of hydrogen-bond donors (Lipinski definition) is 2. The van der Waals surface area contributed by atoms with Crippen molar-refractivity contribution >= 4 is 24.8 Å². The number of rotatable bonds is 15. The molecule has 24 heavy (non-hydrogen) atoms. The molecule has 0 aliphatic rings. The van der Waals surface area contributed by atoms with Crippen molar-refractivity contribution in [3.63, 3.8) is 0 Å². The van der Waals surface area contributed by atoms with Crippen molar-refractivity contribution in [3.8, 4) is 0 Å². The first-order valence-electron chi connectivity index (χ1n) is 7.64. The number of unbranched alkanes of at least 4 members (excludes halogenated alkanes) is 4. The lowest BCUT2D eigenvalue weighted by atomic mass is 10.0. The SMILES string of the molecule is NC(=O)C=C(CCCCCCCC(=CC(N)=O)OC=O)COC=O. The normalized spacial score (nSPS) is 11.7. The third-order valence-corrected chi connectivity index (χ3v) is 3.11. The zero-order valence-electron chi connectivity index (χ0n) is 13.6. The number of carbonyl (C=O) groups is 4. The lowest BCUT2D eigenvalue weighted by molar-refractivity contribution is -0.128. The number of primary amides is 2. The van der Waals surface area contributed by atoms with E-state index in [1.54, 1.807) is 0 Å². The average molecular weight is 340 g/mol. The first kappa shape index (κ1) is 21.4. The molecular weight excluding hydrogens is 316 g/mol. The van der Waals surface area contributed by atoms with Gasteiger partial charge >= 0.3 is 0 Å². The van der Waals surface area contributed by atoms with Crippen molar-refractivity contribution < 1.29 is 28.7 Å². The van der Waals surface area contributed by atoms with Crippen LogP contribution < -0.4 is 11.5 Å². The smallest absolute Gasteiger partial charge is 0.298 e. The molecule has 0 radical (unpaired) electrons. The first-order chi connectivity index (χ1) is 11.5. The van der Waals surface area contributed by atoms with E-state index in [9.17, 15) is 19.2 Å². The fourth-order valence-corrected chi connectivity index (χ4v) is 2.10. The average Bonchev–Trinajstić information content (AvgIpc) is 2.50. The lowest BCUT2D eigenvalue weighted by Crippen LogP contribution is -2.09. The largest absolute Gasteiger partial charge is 0.463 e. The Bertz CT molecular complexity index is 485. The standard InChI is InChI=1S/C16H24N2O6/c17-15(21)8-13(10-23-11-19)6-4-2-1-3-5-7-14(24-12-20)9-16(18)22/h8-9,11-12H,1-7,10H2,(H2,17,21)(H2,18,22). The van der Waals surface area contributed by atoms with Crippen LogP contribution in [0.4, 0.5) is 0 Å². The summed E-state index contributed by atoms with van der Waals surface area (Å²) in [7, 11) is 0. The molecule has 0 saturated heterocycles. The van der Waals surface area contributed by atoms with E-state index in [0.717, 1.165) is 38.2 Å². The van der Waals surface area contributed by atoms with Crippen molar-refractivity contribution in [2.45, 2.75) is 44.9 Å². The van der Waals surface area contributed by atoms with Crippen molar-refractivity contribution in [1.82, 2.24) is 0 Å². The molecule has 0 aromatic carbocycles. The van der Waals surface area contributed by atoms with Crippen LogP contribution in [0.5, 0.6) is 0 Å². The maximum absolute atomic E-state index is 10.9. The summed E-state index contributed by atoms with van der Waals surface area (Å²) >= 11 is 0. The molecule has 0 rings (SSSR count). The Morgan fingerprint density at radius 2 is 1.38 bits per heavy atom. The fraction of sp³-hybridized carbons (Fsp3) is 0.500. The fourth-order valence-electron chi connectivity index (χ4n) is 2.10. The molecule has 0 saturated carbocycles. The topological polar surface area (TPSA) is 139 Å². The van der Waals surface area contributed by atoms with Gasteiger partial charge in [-0.25, -0.2) is 0 Å². The van der Waals surface area contributed by atoms with Crippen molar-refractivity contribution in [1.29, 1.82) is 0 Å². The Balaban J connectivity index is 3.95. The number of nitrogens with two attached hydrogens (primary N) is 2. The van der Waals surface area contributed by atoms with Gasteiger partial charge in [-0.15, -0.1) is 0 Å². The molecule has 8 nitrogen and oxygen atoms in total. The molecule has 0 aliphatic carbocycles. The molecule has 0 heterocycles. The molecule has 0 bridgehead atoms. The maximum atomic E-state index is 10.9. The van der Waals surface area contributed by atoms with Gasteiger partial charge in [0.1, 0.15) is 12.4 Å². The van der Waals surface area contributed by atoms with E-state index >= 15 is 0 Å². The van der Waals surface area contributed by atoms with Gasteiger partial charge in [0.15, 0.2) is 0 Å². The summed E-state index contributed by atoms with van der Waals surface area (Å²) in [5.74, 6) is -0.961. The van der Waals surface area contributed by atoms with Crippen LogP contribution in [0.25, 0.3) is 0 Å². The molecule has 8 heteroatoms. The maximum Gasteiger partial charge on any atom is 0.298 e. The Morgan fingerprint density at radius 3 is 1.92 bits per heavy atom. The number of allylic oxidation sites excluding steroid dienone is 1. The highest BCUT2D eigenvalue weighted by molar-refractivity contribution is 5.86. The highest BCUT2D eigenvalue weighted by Crippen LogP contribution is 2.14. The molecule has 2 amide bonds. The van der Waals surface area contributed by atoms with E-state index in [-0.39, 0.29) is 18.8 Å². The van der Waals surface area contributed by atoms with Gasteiger partial charge in [-0.2, -0.15) is 0 Å². The van der Waals surface area contributed by atoms with Crippen molar-refractivity contribution in [2.75, 3.05) is 6.61 Å². The highest BCUT2D eigenvalue weighted by Gasteiger charge is 2.03. The zero-order valence-corrected chi connectivity index (χ0v) is 13.6. The minimum absolute atomic E-state index is 0.0662. The molecular formula is C16H24N2O6. The van der Waals surface area contributed by atoms with Crippen LogP contribution in [0.1, 0.15) is 44.9 Å². The third kappa shape index (κ3) is 13.1. The molecule has 0 fully saturated rings. The molecule has 4 N–H and O–H groups in total. The molecule has 0 atom stereocenters. The van der Waals surface area contributed by atoms with Crippen LogP contribution in [0.2, 0.25) is 0 Å². The third-order valence-electron chi connectivity index (χ3n) is 3.11. The predicted molar refractivity (Wildman–Crippen MR) is 86.0 cm³/mol. The Hall–Kier alpha value is -2.64. The summed E-state index contributed by atoms with van der Waals surface area (Å²) in [4.78, 5) is 42.1.